The van der Waals surface area contributed by atoms with Gasteiger partial charge in [-0.25, -0.2) is 13.2 Å². The molecule has 0 radical (unpaired) electrons. The summed E-state index contributed by atoms with van der Waals surface area (Å²) in [6.45, 7) is 2.02. The maximum absolute atomic E-state index is 12.3. The molecular weight excluding hydrogens is 294 g/mol. The van der Waals surface area contributed by atoms with Crippen molar-refractivity contribution in [3.8, 4) is 0 Å². The van der Waals surface area contributed by atoms with E-state index in [-0.39, 0.29) is 18.0 Å². The predicted octanol–water partition coefficient (Wildman–Crippen LogP) is 0.930. The highest BCUT2D eigenvalue weighted by Gasteiger charge is 2.45. The predicted molar refractivity (Wildman–Crippen MR) is 77.1 cm³/mol. The molecule has 1 fully saturated rings. The maximum atomic E-state index is 12.3. The summed E-state index contributed by atoms with van der Waals surface area (Å²) in [7, 11) is -3.60. The van der Waals surface area contributed by atoms with Gasteiger partial charge in [0.15, 0.2) is 0 Å². The highest BCUT2D eigenvalue weighted by atomic mass is 32.2. The second-order valence-corrected chi connectivity index (χ2v) is 7.03. The van der Waals surface area contributed by atoms with Gasteiger partial charge in [-0.3, -0.25) is 0 Å². The maximum Gasteiger partial charge on any atom is 0.328 e. The third-order valence-electron chi connectivity index (χ3n) is 3.54. The van der Waals surface area contributed by atoms with E-state index in [0.717, 1.165) is 6.08 Å². The molecule has 0 unspecified atom stereocenters. The van der Waals surface area contributed by atoms with Crippen molar-refractivity contribution in [2.45, 2.75) is 23.8 Å². The van der Waals surface area contributed by atoms with Crippen molar-refractivity contribution >= 4 is 22.1 Å². The minimum Gasteiger partial charge on any atom is -0.478 e. The molecule has 0 bridgehead atoms. The van der Waals surface area contributed by atoms with E-state index in [1.807, 2.05) is 6.92 Å². The van der Waals surface area contributed by atoms with Crippen LogP contribution in [0.25, 0.3) is 6.08 Å². The van der Waals surface area contributed by atoms with Crippen molar-refractivity contribution in [2.75, 3.05) is 13.1 Å². The summed E-state index contributed by atoms with van der Waals surface area (Å²) in [5.74, 6) is -1.06. The number of hydrogen-bond donors (Lipinski definition) is 2. The van der Waals surface area contributed by atoms with E-state index in [0.29, 0.717) is 12.0 Å². The van der Waals surface area contributed by atoms with E-state index in [9.17, 15) is 18.3 Å². The van der Waals surface area contributed by atoms with Gasteiger partial charge in [-0.15, -0.1) is 0 Å². The van der Waals surface area contributed by atoms with Gasteiger partial charge in [-0.05, 0) is 30.2 Å². The van der Waals surface area contributed by atoms with E-state index >= 15 is 0 Å². The SMILES string of the molecule is CCC1(O)CN(S(=O)(=O)c2ccc(/C=C/C(=O)O)cc2)C1. The minimum atomic E-state index is -3.60. The lowest BCUT2D eigenvalue weighted by Crippen LogP contribution is -2.62. The normalized spacial score (nSPS) is 18.6. The summed E-state index contributed by atoms with van der Waals surface area (Å²) in [6, 6.07) is 5.94. The van der Waals surface area contributed by atoms with Crippen molar-refractivity contribution in [1.29, 1.82) is 0 Å². The molecule has 0 spiro atoms. The molecule has 1 saturated heterocycles. The number of β-amino-alcohol motifs (C(OH)–C–C–N with tert-alkyl or cyclic N) is 1. The molecule has 6 nitrogen and oxygen atoms in total. The average Bonchev–Trinajstić information content (AvgIpc) is 2.42. The number of carbonyl (C=O) groups is 1. The third kappa shape index (κ3) is 3.31. The van der Waals surface area contributed by atoms with Crippen LogP contribution in [0.1, 0.15) is 18.9 Å². The average molecular weight is 311 g/mol. The fourth-order valence-electron chi connectivity index (χ4n) is 2.07. The molecule has 0 atom stereocenters. The van der Waals surface area contributed by atoms with Crippen LogP contribution in [0.4, 0.5) is 0 Å². The molecule has 7 heteroatoms. The van der Waals surface area contributed by atoms with E-state index in [2.05, 4.69) is 0 Å². The number of sulfonamides is 1. The van der Waals surface area contributed by atoms with Crippen LogP contribution in [0.5, 0.6) is 0 Å². The number of carboxylic acid groups (broad SMARTS) is 1. The zero-order valence-corrected chi connectivity index (χ0v) is 12.4. The molecule has 0 saturated carbocycles. The Morgan fingerprint density at radius 3 is 2.38 bits per heavy atom. The smallest absolute Gasteiger partial charge is 0.328 e. The molecule has 1 aliphatic rings. The number of nitrogens with zero attached hydrogens (tertiary/aromatic N) is 1. The van der Waals surface area contributed by atoms with Gasteiger partial charge in [0.25, 0.3) is 0 Å². The van der Waals surface area contributed by atoms with Crippen LogP contribution in [0.3, 0.4) is 0 Å². The highest BCUT2D eigenvalue weighted by molar-refractivity contribution is 7.89. The van der Waals surface area contributed by atoms with Gasteiger partial charge >= 0.3 is 5.97 Å². The Kier molecular flexibility index (Phi) is 4.18. The third-order valence-corrected chi connectivity index (χ3v) is 5.34. The first-order valence-electron chi connectivity index (χ1n) is 6.50. The number of benzene rings is 1. The molecular formula is C14H17NO5S. The Morgan fingerprint density at radius 1 is 1.33 bits per heavy atom. The first-order chi connectivity index (χ1) is 9.77. The molecule has 2 rings (SSSR count). The lowest BCUT2D eigenvalue weighted by Gasteiger charge is -2.44. The second-order valence-electron chi connectivity index (χ2n) is 5.09. The van der Waals surface area contributed by atoms with Crippen LogP contribution in [0, 0.1) is 0 Å². The second kappa shape index (κ2) is 5.59. The Balaban J connectivity index is 2.13. The van der Waals surface area contributed by atoms with E-state index in [1.54, 1.807) is 0 Å². The molecule has 0 amide bonds. The van der Waals surface area contributed by atoms with E-state index < -0.39 is 21.6 Å². The van der Waals surface area contributed by atoms with E-state index in [4.69, 9.17) is 5.11 Å². The van der Waals surface area contributed by atoms with Crippen molar-refractivity contribution < 1.29 is 23.4 Å². The van der Waals surface area contributed by atoms with Crippen molar-refractivity contribution in [2.24, 2.45) is 0 Å². The minimum absolute atomic E-state index is 0.104. The van der Waals surface area contributed by atoms with Crippen LogP contribution in [-0.2, 0) is 14.8 Å². The zero-order valence-electron chi connectivity index (χ0n) is 11.6. The van der Waals surface area contributed by atoms with Gasteiger partial charge in [0, 0.05) is 19.2 Å². The Bertz CT molecular complexity index is 657. The molecule has 0 aliphatic carbocycles. The van der Waals surface area contributed by atoms with Crippen LogP contribution in [0.2, 0.25) is 0 Å². The van der Waals surface area contributed by atoms with Gasteiger partial charge in [0.05, 0.1) is 10.5 Å². The number of aliphatic carboxylic acids is 1. The number of hydrogen-bond acceptors (Lipinski definition) is 4. The van der Waals surface area contributed by atoms with Gasteiger partial charge < -0.3 is 10.2 Å². The largest absolute Gasteiger partial charge is 0.478 e. The number of aliphatic hydroxyl groups is 1. The first-order valence-corrected chi connectivity index (χ1v) is 7.94. The summed E-state index contributed by atoms with van der Waals surface area (Å²) in [6.07, 6.45) is 2.89. The molecule has 1 aromatic rings. The topological polar surface area (TPSA) is 94.9 Å². The summed E-state index contributed by atoms with van der Waals surface area (Å²) in [5.41, 5.74) is -0.318. The van der Waals surface area contributed by atoms with Crippen molar-refractivity contribution in [1.82, 2.24) is 4.31 Å². The molecule has 114 valence electrons. The summed E-state index contributed by atoms with van der Waals surface area (Å²) < 4.78 is 25.8. The van der Waals surface area contributed by atoms with Crippen LogP contribution in [-0.4, -0.2) is 47.6 Å². The fourth-order valence-corrected chi connectivity index (χ4v) is 3.67. The van der Waals surface area contributed by atoms with E-state index in [1.165, 1.54) is 34.6 Å². The number of carboxylic acids is 1. The highest BCUT2D eigenvalue weighted by Crippen LogP contribution is 2.30. The molecule has 0 aromatic heterocycles. The lowest BCUT2D eigenvalue weighted by molar-refractivity contribution is -0.131. The van der Waals surface area contributed by atoms with Gasteiger partial charge in [-0.2, -0.15) is 4.31 Å². The quantitative estimate of drug-likeness (QED) is 0.789. The molecule has 1 heterocycles. The van der Waals surface area contributed by atoms with Crippen molar-refractivity contribution in [3.05, 3.63) is 35.9 Å². The van der Waals surface area contributed by atoms with Crippen LogP contribution < -0.4 is 0 Å². The van der Waals surface area contributed by atoms with Crippen molar-refractivity contribution in [3.63, 3.8) is 0 Å². The first kappa shape index (κ1) is 15.7. The van der Waals surface area contributed by atoms with Gasteiger partial charge in [-0.1, -0.05) is 19.1 Å². The Morgan fingerprint density at radius 2 is 1.90 bits per heavy atom. The zero-order chi connectivity index (χ0) is 15.7. The molecule has 1 aliphatic heterocycles. The Labute approximate surface area is 123 Å². The van der Waals surface area contributed by atoms with Crippen LogP contribution in [0.15, 0.2) is 35.2 Å². The summed E-state index contributed by atoms with van der Waals surface area (Å²) in [5, 5.41) is 18.4. The standard InChI is InChI=1S/C14H17NO5S/c1-2-14(18)9-15(10-14)21(19,20)12-6-3-11(4-7-12)5-8-13(16)17/h3-8,18H,2,9-10H2,1H3,(H,16,17)/b8-5+. The molecule has 2 N–H and O–H groups in total. The molecule has 21 heavy (non-hydrogen) atoms. The summed E-state index contributed by atoms with van der Waals surface area (Å²) >= 11 is 0. The monoisotopic (exact) mass is 311 g/mol. The fraction of sp³-hybridized carbons (Fsp3) is 0.357. The molecule has 1 aromatic carbocycles. The Hall–Kier alpha value is -1.70. The van der Waals surface area contributed by atoms with Gasteiger partial charge in [0.2, 0.25) is 10.0 Å². The van der Waals surface area contributed by atoms with Gasteiger partial charge in [0.1, 0.15) is 0 Å². The van der Waals surface area contributed by atoms with Crippen LogP contribution >= 0.6 is 0 Å². The lowest BCUT2D eigenvalue weighted by atomic mass is 9.94. The number of rotatable bonds is 5. The summed E-state index contributed by atoms with van der Waals surface area (Å²) in [4.78, 5) is 10.5.